The van der Waals surface area contributed by atoms with E-state index in [1.54, 1.807) is 0 Å². The minimum absolute atomic E-state index is 0.0705. The standard InChI is InChI=1S/C10H20N2O2/c13-9-3-1-8(2-4-9)11-7-12-5-10(14)6-12/h8-11,13-14H,1-7H2. The second-order valence-corrected chi connectivity index (χ2v) is 4.56. The first-order valence-electron chi connectivity index (χ1n) is 5.56. The van der Waals surface area contributed by atoms with Gasteiger partial charge < -0.3 is 15.5 Å². The highest BCUT2D eigenvalue weighted by molar-refractivity contribution is 4.81. The number of aliphatic hydroxyl groups excluding tert-OH is 2. The van der Waals surface area contributed by atoms with Crippen LogP contribution in [-0.4, -0.2) is 53.1 Å². The molecule has 0 amide bonds. The van der Waals surface area contributed by atoms with Crippen LogP contribution in [0.3, 0.4) is 0 Å². The van der Waals surface area contributed by atoms with E-state index in [4.69, 9.17) is 5.11 Å². The number of aliphatic hydroxyl groups is 2. The van der Waals surface area contributed by atoms with E-state index in [-0.39, 0.29) is 12.2 Å². The molecule has 0 atom stereocenters. The second-order valence-electron chi connectivity index (χ2n) is 4.56. The Labute approximate surface area is 84.9 Å². The zero-order chi connectivity index (χ0) is 9.97. The molecule has 3 N–H and O–H groups in total. The lowest BCUT2D eigenvalue weighted by atomic mass is 9.93. The van der Waals surface area contributed by atoms with Gasteiger partial charge in [0, 0.05) is 25.8 Å². The molecular weight excluding hydrogens is 180 g/mol. The summed E-state index contributed by atoms with van der Waals surface area (Å²) in [6.45, 7) is 2.50. The average Bonchev–Trinajstić information content (AvgIpc) is 2.13. The van der Waals surface area contributed by atoms with Crippen molar-refractivity contribution in [2.75, 3.05) is 19.8 Å². The lowest BCUT2D eigenvalue weighted by molar-refractivity contribution is -0.00615. The number of hydrogen-bond acceptors (Lipinski definition) is 4. The molecule has 0 aromatic heterocycles. The molecule has 1 saturated heterocycles. The summed E-state index contributed by atoms with van der Waals surface area (Å²) in [6, 6.07) is 0.566. The van der Waals surface area contributed by atoms with Gasteiger partial charge in [-0.25, -0.2) is 0 Å². The van der Waals surface area contributed by atoms with Crippen molar-refractivity contribution in [1.82, 2.24) is 10.2 Å². The largest absolute Gasteiger partial charge is 0.393 e. The van der Waals surface area contributed by atoms with Crippen molar-refractivity contribution in [3.8, 4) is 0 Å². The molecule has 1 heterocycles. The SMILES string of the molecule is OC1CCC(NCN2CC(O)C2)CC1. The van der Waals surface area contributed by atoms with Gasteiger partial charge in [-0.1, -0.05) is 0 Å². The van der Waals surface area contributed by atoms with Gasteiger partial charge >= 0.3 is 0 Å². The lowest BCUT2D eigenvalue weighted by Gasteiger charge is -2.37. The molecule has 2 fully saturated rings. The quantitative estimate of drug-likeness (QED) is 0.575. The number of rotatable bonds is 3. The van der Waals surface area contributed by atoms with Crippen molar-refractivity contribution >= 4 is 0 Å². The molecule has 1 saturated carbocycles. The van der Waals surface area contributed by atoms with Gasteiger partial charge in [0.1, 0.15) is 0 Å². The summed E-state index contributed by atoms with van der Waals surface area (Å²) in [5.74, 6) is 0. The van der Waals surface area contributed by atoms with Gasteiger partial charge in [0.15, 0.2) is 0 Å². The molecule has 82 valence electrons. The van der Waals surface area contributed by atoms with Gasteiger partial charge in [0.05, 0.1) is 12.2 Å². The van der Waals surface area contributed by atoms with Crippen LogP contribution < -0.4 is 5.32 Å². The van der Waals surface area contributed by atoms with Gasteiger partial charge in [0.25, 0.3) is 0 Å². The first kappa shape index (κ1) is 10.4. The molecule has 4 nitrogen and oxygen atoms in total. The number of nitrogens with one attached hydrogen (secondary N) is 1. The van der Waals surface area contributed by atoms with Gasteiger partial charge in [-0.2, -0.15) is 0 Å². The Morgan fingerprint density at radius 3 is 2.21 bits per heavy atom. The van der Waals surface area contributed by atoms with E-state index in [1.807, 2.05) is 0 Å². The van der Waals surface area contributed by atoms with Crippen LogP contribution in [0.5, 0.6) is 0 Å². The number of likely N-dealkylation sites (tertiary alicyclic amines) is 1. The molecule has 0 aromatic carbocycles. The fourth-order valence-electron chi connectivity index (χ4n) is 2.21. The third-order valence-corrected chi connectivity index (χ3v) is 3.24. The van der Waals surface area contributed by atoms with E-state index >= 15 is 0 Å². The monoisotopic (exact) mass is 200 g/mol. The number of β-amino-alcohol motifs (C(OH)–C–C–N with tert-alkyl or cyclic N) is 1. The molecule has 1 aliphatic carbocycles. The van der Waals surface area contributed by atoms with E-state index < -0.39 is 0 Å². The molecule has 0 spiro atoms. The van der Waals surface area contributed by atoms with Gasteiger partial charge in [-0.3, -0.25) is 4.90 Å². The Morgan fingerprint density at radius 2 is 1.64 bits per heavy atom. The minimum Gasteiger partial charge on any atom is -0.393 e. The Balaban J connectivity index is 1.57. The molecule has 4 heteroatoms. The molecule has 0 bridgehead atoms. The highest BCUT2D eigenvalue weighted by Crippen LogP contribution is 2.18. The average molecular weight is 200 g/mol. The number of hydrogen-bond donors (Lipinski definition) is 3. The van der Waals surface area contributed by atoms with Crippen molar-refractivity contribution in [2.45, 2.75) is 43.9 Å². The van der Waals surface area contributed by atoms with Crippen LogP contribution in [-0.2, 0) is 0 Å². The van der Waals surface area contributed by atoms with Crippen molar-refractivity contribution in [1.29, 1.82) is 0 Å². The summed E-state index contributed by atoms with van der Waals surface area (Å²) in [6.07, 6.45) is 3.85. The fourth-order valence-corrected chi connectivity index (χ4v) is 2.21. The summed E-state index contributed by atoms with van der Waals surface area (Å²) < 4.78 is 0. The summed E-state index contributed by atoms with van der Waals surface area (Å²) in [4.78, 5) is 2.20. The van der Waals surface area contributed by atoms with E-state index in [0.29, 0.717) is 6.04 Å². The zero-order valence-electron chi connectivity index (χ0n) is 8.52. The summed E-state index contributed by atoms with van der Waals surface area (Å²) >= 11 is 0. The molecule has 2 aliphatic rings. The summed E-state index contributed by atoms with van der Waals surface area (Å²) in [5.41, 5.74) is 0. The Morgan fingerprint density at radius 1 is 1.00 bits per heavy atom. The predicted octanol–water partition coefficient (Wildman–Crippen LogP) is -0.486. The third-order valence-electron chi connectivity index (χ3n) is 3.24. The first-order valence-corrected chi connectivity index (χ1v) is 5.56. The summed E-state index contributed by atoms with van der Waals surface area (Å²) in [7, 11) is 0. The van der Waals surface area contributed by atoms with Crippen molar-refractivity contribution in [3.63, 3.8) is 0 Å². The first-order chi connectivity index (χ1) is 6.74. The Bertz CT molecular complexity index is 175. The maximum absolute atomic E-state index is 9.33. The van der Waals surface area contributed by atoms with Crippen molar-refractivity contribution < 1.29 is 10.2 Å². The van der Waals surface area contributed by atoms with Crippen LogP contribution in [0.4, 0.5) is 0 Å². The fraction of sp³-hybridized carbons (Fsp3) is 1.00. The van der Waals surface area contributed by atoms with Crippen LogP contribution >= 0.6 is 0 Å². The lowest BCUT2D eigenvalue weighted by Crippen LogP contribution is -2.55. The maximum Gasteiger partial charge on any atom is 0.0794 e. The van der Waals surface area contributed by atoms with E-state index in [0.717, 1.165) is 45.4 Å². The molecule has 2 rings (SSSR count). The molecule has 0 unspecified atom stereocenters. The van der Waals surface area contributed by atoms with Crippen molar-refractivity contribution in [3.05, 3.63) is 0 Å². The summed E-state index contributed by atoms with van der Waals surface area (Å²) in [5, 5.41) is 21.9. The van der Waals surface area contributed by atoms with Gasteiger partial charge in [-0.05, 0) is 25.7 Å². The van der Waals surface area contributed by atoms with Crippen LogP contribution in [0.2, 0.25) is 0 Å². The second kappa shape index (κ2) is 4.57. The van der Waals surface area contributed by atoms with Crippen LogP contribution in [0.15, 0.2) is 0 Å². The van der Waals surface area contributed by atoms with E-state index in [1.165, 1.54) is 0 Å². The molecule has 0 aromatic rings. The van der Waals surface area contributed by atoms with Crippen molar-refractivity contribution in [2.24, 2.45) is 0 Å². The molecule has 1 aliphatic heterocycles. The Hall–Kier alpha value is -0.160. The van der Waals surface area contributed by atoms with Crippen LogP contribution in [0, 0.1) is 0 Å². The van der Waals surface area contributed by atoms with Crippen LogP contribution in [0.1, 0.15) is 25.7 Å². The molecule has 14 heavy (non-hydrogen) atoms. The molecular formula is C10H20N2O2. The van der Waals surface area contributed by atoms with Crippen LogP contribution in [0.25, 0.3) is 0 Å². The van der Waals surface area contributed by atoms with Gasteiger partial charge in [0.2, 0.25) is 0 Å². The van der Waals surface area contributed by atoms with E-state index in [2.05, 4.69) is 10.2 Å². The molecule has 0 radical (unpaired) electrons. The van der Waals surface area contributed by atoms with E-state index in [9.17, 15) is 5.11 Å². The Kier molecular flexibility index (Phi) is 3.38. The van der Waals surface area contributed by atoms with Gasteiger partial charge in [-0.15, -0.1) is 0 Å². The third kappa shape index (κ3) is 2.67. The predicted molar refractivity (Wildman–Crippen MR) is 53.8 cm³/mol. The normalized spacial score (nSPS) is 35.6. The maximum atomic E-state index is 9.33. The topological polar surface area (TPSA) is 55.7 Å². The zero-order valence-corrected chi connectivity index (χ0v) is 8.52. The highest BCUT2D eigenvalue weighted by Gasteiger charge is 2.25. The smallest absolute Gasteiger partial charge is 0.0794 e. The minimum atomic E-state index is -0.107. The number of nitrogens with zero attached hydrogens (tertiary/aromatic N) is 1. The highest BCUT2D eigenvalue weighted by atomic mass is 16.3.